The van der Waals surface area contributed by atoms with Crippen LogP contribution in [0.4, 0.5) is 10.7 Å². The van der Waals surface area contributed by atoms with Crippen LogP contribution in [0.5, 0.6) is 11.5 Å². The fraction of sp³-hybridized carbons (Fsp3) is 0.321. The zero-order chi connectivity index (χ0) is 48.7. The number of hydrogen-bond acceptors (Lipinski definition) is 12. The van der Waals surface area contributed by atoms with Gasteiger partial charge < -0.3 is 33.9 Å². The predicted molar refractivity (Wildman–Crippen MR) is 273 cm³/mol. The number of rotatable bonds is 20. The SMILES string of the molecule is COc1ccc(C(OC[C@H]2O[C@@H](n3cnc4c(=O)[nH]c(N)nc43)C[C@@H]2OP(C(=O)OCC[Si](C)(c2ccccc2)c2ccccc2)N(C(C)C)C(C)C)(c2ccccc2)c2ccc(OC)cc2)cc1. The average Bonchev–Trinajstić information content (AvgIpc) is 3.98. The summed E-state index contributed by atoms with van der Waals surface area (Å²) >= 11 is 0. The maximum absolute atomic E-state index is 14.9. The minimum absolute atomic E-state index is 0.00339. The Kier molecular flexibility index (Phi) is 15.4. The van der Waals surface area contributed by atoms with Crippen molar-refractivity contribution in [1.82, 2.24) is 24.2 Å². The number of imidazole rings is 1. The van der Waals surface area contributed by atoms with Gasteiger partial charge in [-0.15, -0.1) is 0 Å². The molecule has 16 heteroatoms. The van der Waals surface area contributed by atoms with Crippen LogP contribution in [0.25, 0.3) is 11.2 Å². The molecule has 0 amide bonds. The fourth-order valence-electron chi connectivity index (χ4n) is 9.37. The first-order chi connectivity index (χ1) is 33.4. The molecule has 1 unspecified atom stereocenters. The molecule has 1 aliphatic rings. The Morgan fingerprint density at radius 2 is 1.35 bits per heavy atom. The zero-order valence-corrected chi connectivity index (χ0v) is 42.0. The number of carbonyl (C=O) groups is 1. The second-order valence-corrected chi connectivity index (χ2v) is 23.8. The van der Waals surface area contributed by atoms with Crippen molar-refractivity contribution >= 4 is 49.6 Å². The first-order valence-corrected chi connectivity index (χ1v) is 27.2. The summed E-state index contributed by atoms with van der Waals surface area (Å²) in [5.41, 5.74) is 6.89. The third-order valence-electron chi connectivity index (χ3n) is 12.9. The number of ether oxygens (including phenoxy) is 5. The fourth-order valence-corrected chi connectivity index (χ4v) is 14.5. The zero-order valence-electron chi connectivity index (χ0n) is 40.2. The lowest BCUT2D eigenvalue weighted by atomic mass is 9.80. The predicted octanol–water partition coefficient (Wildman–Crippen LogP) is 8.86. The minimum atomic E-state index is -2.34. The van der Waals surface area contributed by atoms with Gasteiger partial charge in [-0.05, 0) is 74.7 Å². The summed E-state index contributed by atoms with van der Waals surface area (Å²) in [7, 11) is -1.12. The lowest BCUT2D eigenvalue weighted by Crippen LogP contribution is -2.56. The van der Waals surface area contributed by atoms with E-state index in [-0.39, 0.29) is 48.8 Å². The molecule has 360 valence electrons. The number of nitrogens with one attached hydrogen (secondary N) is 1. The number of aromatic amines is 1. The molecule has 14 nitrogen and oxygen atoms in total. The van der Waals surface area contributed by atoms with E-state index < -0.39 is 51.7 Å². The average molecular weight is 969 g/mol. The van der Waals surface area contributed by atoms with E-state index >= 15 is 0 Å². The summed E-state index contributed by atoms with van der Waals surface area (Å²) in [6, 6.07) is 47.1. The van der Waals surface area contributed by atoms with Gasteiger partial charge in [-0.25, -0.2) is 14.4 Å². The number of nitrogens with two attached hydrogens (primary N) is 1. The van der Waals surface area contributed by atoms with Crippen molar-refractivity contribution in [3.63, 3.8) is 0 Å². The monoisotopic (exact) mass is 968 g/mol. The highest BCUT2D eigenvalue weighted by Crippen LogP contribution is 2.51. The lowest BCUT2D eigenvalue weighted by molar-refractivity contribution is -0.0899. The van der Waals surface area contributed by atoms with Crippen molar-refractivity contribution < 1.29 is 33.0 Å². The van der Waals surface area contributed by atoms with Gasteiger partial charge in [-0.3, -0.25) is 14.3 Å². The number of H-pyrrole nitrogens is 1. The Morgan fingerprint density at radius 3 is 1.87 bits per heavy atom. The molecule has 2 aromatic heterocycles. The van der Waals surface area contributed by atoms with Crippen LogP contribution in [0.15, 0.2) is 151 Å². The number of anilines is 1. The number of nitrogen functional groups attached to an aromatic ring is 1. The van der Waals surface area contributed by atoms with E-state index in [0.29, 0.717) is 17.5 Å². The molecule has 0 saturated carbocycles. The van der Waals surface area contributed by atoms with E-state index in [0.717, 1.165) is 16.7 Å². The number of methoxy groups -OCH3 is 2. The third-order valence-corrected chi connectivity index (χ3v) is 19.6. The second-order valence-electron chi connectivity index (χ2n) is 17.9. The molecule has 0 aliphatic carbocycles. The number of fused-ring (bicyclic) bond motifs is 1. The van der Waals surface area contributed by atoms with Crippen LogP contribution in [0, 0.1) is 0 Å². The highest BCUT2D eigenvalue weighted by Gasteiger charge is 2.47. The summed E-state index contributed by atoms with van der Waals surface area (Å²) in [6.07, 6.45) is -0.457. The quantitative estimate of drug-likeness (QED) is 0.0424. The maximum Gasteiger partial charge on any atom is 0.370 e. The van der Waals surface area contributed by atoms with Crippen LogP contribution < -0.4 is 31.1 Å². The number of benzene rings is 5. The van der Waals surface area contributed by atoms with Gasteiger partial charge >= 0.3 is 5.71 Å². The highest BCUT2D eigenvalue weighted by atomic mass is 31.2. The van der Waals surface area contributed by atoms with Crippen molar-refractivity contribution in [2.75, 3.05) is 33.2 Å². The molecule has 0 spiro atoms. The number of nitrogens with zero attached hydrogens (tertiary/aromatic N) is 4. The van der Waals surface area contributed by atoms with Crippen molar-refractivity contribution in [3.05, 3.63) is 173 Å². The van der Waals surface area contributed by atoms with Crippen LogP contribution in [0.2, 0.25) is 12.6 Å². The van der Waals surface area contributed by atoms with Crippen molar-refractivity contribution in [2.45, 2.75) is 82.8 Å². The Morgan fingerprint density at radius 1 is 0.826 bits per heavy atom. The van der Waals surface area contributed by atoms with Gasteiger partial charge in [0.15, 0.2) is 11.2 Å². The van der Waals surface area contributed by atoms with Gasteiger partial charge in [0, 0.05) is 18.5 Å². The minimum Gasteiger partial charge on any atom is -0.497 e. The van der Waals surface area contributed by atoms with Crippen molar-refractivity contribution in [3.8, 4) is 11.5 Å². The highest BCUT2D eigenvalue weighted by molar-refractivity contribution is 7.67. The Balaban J connectivity index is 1.17. The van der Waals surface area contributed by atoms with Crippen LogP contribution in [-0.4, -0.2) is 89.7 Å². The van der Waals surface area contributed by atoms with Crippen LogP contribution >= 0.6 is 8.30 Å². The molecule has 3 heterocycles. The summed E-state index contributed by atoms with van der Waals surface area (Å²) in [6.45, 7) is 10.7. The lowest BCUT2D eigenvalue weighted by Gasteiger charge is -2.39. The largest absolute Gasteiger partial charge is 0.497 e. The molecule has 69 heavy (non-hydrogen) atoms. The first kappa shape index (κ1) is 49.2. The van der Waals surface area contributed by atoms with E-state index in [1.54, 1.807) is 18.8 Å². The number of aromatic nitrogens is 4. The molecule has 4 atom stereocenters. The van der Waals surface area contributed by atoms with E-state index in [9.17, 15) is 9.59 Å². The molecule has 5 aromatic carbocycles. The molecule has 0 radical (unpaired) electrons. The van der Waals surface area contributed by atoms with Gasteiger partial charge in [0.2, 0.25) is 14.2 Å². The van der Waals surface area contributed by atoms with E-state index in [1.807, 2.05) is 91.0 Å². The molecule has 0 bridgehead atoms. The van der Waals surface area contributed by atoms with E-state index in [1.165, 1.54) is 16.7 Å². The molecule has 1 saturated heterocycles. The number of carbonyl (C=O) groups excluding carboxylic acids is 1. The van der Waals surface area contributed by atoms with Crippen LogP contribution in [-0.2, 0) is 24.3 Å². The molecule has 7 aromatic rings. The second kappa shape index (κ2) is 21.6. The van der Waals surface area contributed by atoms with Gasteiger partial charge in [-0.1, -0.05) is 132 Å². The van der Waals surface area contributed by atoms with Gasteiger partial charge in [0.25, 0.3) is 5.56 Å². The third kappa shape index (κ3) is 10.4. The van der Waals surface area contributed by atoms with E-state index in [2.05, 4.69) is 102 Å². The first-order valence-electron chi connectivity index (χ1n) is 23.3. The Bertz CT molecular complexity index is 2740. The molecule has 1 fully saturated rings. The molecule has 1 aliphatic heterocycles. The topological polar surface area (TPSA) is 165 Å². The van der Waals surface area contributed by atoms with Crippen molar-refractivity contribution in [2.24, 2.45) is 0 Å². The van der Waals surface area contributed by atoms with E-state index in [4.69, 9.17) is 33.9 Å². The van der Waals surface area contributed by atoms with Crippen LogP contribution in [0.1, 0.15) is 57.0 Å². The molecule has 3 N–H and O–H groups in total. The molecule has 8 rings (SSSR count). The summed E-state index contributed by atoms with van der Waals surface area (Å²) < 4.78 is 42.9. The number of hydrogen-bond donors (Lipinski definition) is 2. The Labute approximate surface area is 405 Å². The van der Waals surface area contributed by atoms with Gasteiger partial charge in [-0.2, -0.15) is 4.98 Å². The standard InChI is InChI=1S/C53H61N6O8PSi/c1-36(2)59(37(3)4)68(52(61)64-31-32-69(7,43-19-13-9-14-20-43)44-21-15-10-16-22-44)67-45-33-47(58-35-55-48-49(58)56-51(54)57-50(48)60)66-46(45)34-65-53(38-17-11-8-12-18-38,39-23-27-41(62-5)28-24-39)40-25-29-42(63-6)30-26-40/h8-30,35-37,45-47H,31-34H2,1-7H3,(H3,54,56,57,60)/t45-,46+,47+,68?/m0/s1. The van der Waals surface area contributed by atoms with Crippen LogP contribution in [0.3, 0.4) is 0 Å². The van der Waals surface area contributed by atoms with Gasteiger partial charge in [0.1, 0.15) is 37.5 Å². The summed E-state index contributed by atoms with van der Waals surface area (Å²) in [4.78, 5) is 39.2. The molecular formula is C53H61N6O8PSi. The molecular weight excluding hydrogens is 908 g/mol. The summed E-state index contributed by atoms with van der Waals surface area (Å²) in [5.74, 6) is 1.33. The van der Waals surface area contributed by atoms with Crippen molar-refractivity contribution in [1.29, 1.82) is 0 Å². The van der Waals surface area contributed by atoms with Gasteiger partial charge in [0.05, 0.1) is 39.9 Å². The smallest absolute Gasteiger partial charge is 0.370 e. The Hall–Kier alpha value is -6.19. The summed E-state index contributed by atoms with van der Waals surface area (Å²) in [5, 5.41) is 2.52. The maximum atomic E-state index is 14.9. The normalized spacial score (nSPS) is 16.9.